The van der Waals surface area contributed by atoms with Gasteiger partial charge in [0.05, 0.1) is 13.2 Å². The van der Waals surface area contributed by atoms with Crippen LogP contribution in [0.25, 0.3) is 5.76 Å². The van der Waals surface area contributed by atoms with Crippen LogP contribution in [0.15, 0.2) is 36.1 Å². The second-order valence-corrected chi connectivity index (χ2v) is 3.12. The second-order valence-electron chi connectivity index (χ2n) is 3.12. The van der Waals surface area contributed by atoms with Gasteiger partial charge in [0.1, 0.15) is 5.76 Å². The summed E-state index contributed by atoms with van der Waals surface area (Å²) in [5.41, 5.74) is 1.06. The van der Waals surface area contributed by atoms with Crippen LogP contribution in [0.5, 0.6) is 0 Å². The quantitative estimate of drug-likeness (QED) is 0.687. The zero-order valence-corrected chi connectivity index (χ0v) is 9.62. The highest BCUT2D eigenvalue weighted by Crippen LogP contribution is 2.20. The van der Waals surface area contributed by atoms with Crippen molar-refractivity contribution in [3.8, 4) is 0 Å². The van der Waals surface area contributed by atoms with Crippen molar-refractivity contribution in [1.29, 1.82) is 0 Å². The molecule has 0 radical (unpaired) electrons. The molecular formula is C13H18O2. The Bertz CT molecular complexity index is 315. The van der Waals surface area contributed by atoms with Crippen LogP contribution < -0.4 is 0 Å². The van der Waals surface area contributed by atoms with Gasteiger partial charge >= 0.3 is 0 Å². The summed E-state index contributed by atoms with van der Waals surface area (Å²) in [6.45, 7) is 7.19. The van der Waals surface area contributed by atoms with Gasteiger partial charge in [0.15, 0.2) is 5.76 Å². The molecule has 0 aromatic heterocycles. The van der Waals surface area contributed by atoms with Gasteiger partial charge in [-0.15, -0.1) is 0 Å². The van der Waals surface area contributed by atoms with E-state index in [4.69, 9.17) is 9.47 Å². The summed E-state index contributed by atoms with van der Waals surface area (Å²) in [6.07, 6.45) is 0. The molecule has 0 amide bonds. The van der Waals surface area contributed by atoms with Gasteiger partial charge < -0.3 is 9.47 Å². The van der Waals surface area contributed by atoms with Crippen LogP contribution in [0, 0.1) is 0 Å². The smallest absolute Gasteiger partial charge is 0.163 e. The van der Waals surface area contributed by atoms with Gasteiger partial charge in [-0.3, -0.25) is 0 Å². The van der Waals surface area contributed by atoms with Crippen molar-refractivity contribution >= 4 is 5.76 Å². The fraction of sp³-hybridized carbons (Fsp3) is 0.385. The summed E-state index contributed by atoms with van der Waals surface area (Å²) < 4.78 is 11.1. The molecule has 1 aromatic rings. The highest BCUT2D eigenvalue weighted by atomic mass is 16.5. The minimum atomic E-state index is 0.647. The van der Waals surface area contributed by atoms with Crippen molar-refractivity contribution in [1.82, 2.24) is 0 Å². The van der Waals surface area contributed by atoms with Crippen molar-refractivity contribution in [2.24, 2.45) is 0 Å². The largest absolute Gasteiger partial charge is 0.495 e. The molecule has 15 heavy (non-hydrogen) atoms. The maximum atomic E-state index is 5.60. The van der Waals surface area contributed by atoms with E-state index in [-0.39, 0.29) is 0 Å². The maximum absolute atomic E-state index is 5.60. The van der Waals surface area contributed by atoms with E-state index in [0.29, 0.717) is 13.2 Å². The van der Waals surface area contributed by atoms with Crippen molar-refractivity contribution in [2.75, 3.05) is 13.2 Å². The Morgan fingerprint density at radius 3 is 2.13 bits per heavy atom. The lowest BCUT2D eigenvalue weighted by Crippen LogP contribution is -1.98. The fourth-order valence-electron chi connectivity index (χ4n) is 1.40. The molecule has 0 aliphatic carbocycles. The molecule has 0 bridgehead atoms. The number of benzene rings is 1. The Labute approximate surface area is 91.5 Å². The van der Waals surface area contributed by atoms with E-state index >= 15 is 0 Å². The van der Waals surface area contributed by atoms with Crippen LogP contribution in [0.3, 0.4) is 0 Å². The van der Waals surface area contributed by atoms with Gasteiger partial charge in [-0.05, 0) is 20.8 Å². The highest BCUT2D eigenvalue weighted by molar-refractivity contribution is 5.61. The Morgan fingerprint density at radius 1 is 1.00 bits per heavy atom. The fourth-order valence-corrected chi connectivity index (χ4v) is 1.40. The van der Waals surface area contributed by atoms with Crippen LogP contribution >= 0.6 is 0 Å². The Kier molecular flexibility index (Phi) is 4.75. The maximum Gasteiger partial charge on any atom is 0.163 e. The van der Waals surface area contributed by atoms with E-state index in [1.165, 1.54) is 0 Å². The standard InChI is InChI=1S/C13H18O2/c1-4-14-11(3)13(15-5-2)12-9-7-6-8-10-12/h6-10H,4-5H2,1-3H3. The first-order valence-corrected chi connectivity index (χ1v) is 5.31. The molecule has 0 heterocycles. The van der Waals surface area contributed by atoms with E-state index in [9.17, 15) is 0 Å². The molecular weight excluding hydrogens is 188 g/mol. The Hall–Kier alpha value is -1.44. The predicted molar refractivity (Wildman–Crippen MR) is 62.3 cm³/mol. The van der Waals surface area contributed by atoms with Crippen molar-refractivity contribution in [3.63, 3.8) is 0 Å². The van der Waals surface area contributed by atoms with Crippen LogP contribution in [0.4, 0.5) is 0 Å². The van der Waals surface area contributed by atoms with Crippen LogP contribution in [0.2, 0.25) is 0 Å². The molecule has 0 fully saturated rings. The molecule has 0 spiro atoms. The van der Waals surface area contributed by atoms with Gasteiger partial charge in [-0.2, -0.15) is 0 Å². The lowest BCUT2D eigenvalue weighted by atomic mass is 10.2. The van der Waals surface area contributed by atoms with Gasteiger partial charge in [0, 0.05) is 5.56 Å². The monoisotopic (exact) mass is 206 g/mol. The van der Waals surface area contributed by atoms with E-state index < -0.39 is 0 Å². The van der Waals surface area contributed by atoms with E-state index in [2.05, 4.69) is 0 Å². The average molecular weight is 206 g/mol. The lowest BCUT2D eigenvalue weighted by Gasteiger charge is -2.13. The van der Waals surface area contributed by atoms with Gasteiger partial charge in [0.25, 0.3) is 0 Å². The zero-order chi connectivity index (χ0) is 11.1. The topological polar surface area (TPSA) is 18.5 Å². The molecule has 82 valence electrons. The third kappa shape index (κ3) is 3.31. The summed E-state index contributed by atoms with van der Waals surface area (Å²) >= 11 is 0. The first-order valence-electron chi connectivity index (χ1n) is 5.31. The van der Waals surface area contributed by atoms with Gasteiger partial charge in [0.2, 0.25) is 0 Å². The molecule has 0 saturated carbocycles. The first kappa shape index (κ1) is 11.6. The predicted octanol–water partition coefficient (Wildman–Crippen LogP) is 3.45. The summed E-state index contributed by atoms with van der Waals surface area (Å²) in [5.74, 6) is 1.67. The molecule has 0 unspecified atom stereocenters. The second kappa shape index (κ2) is 6.12. The van der Waals surface area contributed by atoms with Crippen molar-refractivity contribution in [2.45, 2.75) is 20.8 Å². The summed E-state index contributed by atoms with van der Waals surface area (Å²) in [4.78, 5) is 0. The molecule has 0 aliphatic rings. The number of ether oxygens (including phenoxy) is 2. The molecule has 0 saturated heterocycles. The summed E-state index contributed by atoms with van der Waals surface area (Å²) in [5, 5.41) is 0. The molecule has 2 nitrogen and oxygen atoms in total. The highest BCUT2D eigenvalue weighted by Gasteiger charge is 2.07. The van der Waals surface area contributed by atoms with E-state index in [1.54, 1.807) is 0 Å². The molecule has 0 atom stereocenters. The van der Waals surface area contributed by atoms with Gasteiger partial charge in [-0.25, -0.2) is 0 Å². The molecule has 1 rings (SSSR count). The minimum absolute atomic E-state index is 0.647. The van der Waals surface area contributed by atoms with Crippen molar-refractivity contribution in [3.05, 3.63) is 41.7 Å². The lowest BCUT2D eigenvalue weighted by molar-refractivity contribution is 0.208. The van der Waals surface area contributed by atoms with E-state index in [1.807, 2.05) is 51.1 Å². The molecule has 0 aliphatic heterocycles. The molecule has 1 aromatic carbocycles. The summed E-state index contributed by atoms with van der Waals surface area (Å²) in [7, 11) is 0. The number of allylic oxidation sites excluding steroid dienone is 1. The Balaban J connectivity index is 2.97. The van der Waals surface area contributed by atoms with Gasteiger partial charge in [-0.1, -0.05) is 30.3 Å². The summed E-state index contributed by atoms with van der Waals surface area (Å²) in [6, 6.07) is 10.0. The SMILES string of the molecule is CCOC(C)=C(OCC)c1ccccc1. The Morgan fingerprint density at radius 2 is 1.60 bits per heavy atom. The molecule has 2 heteroatoms. The van der Waals surface area contributed by atoms with Crippen molar-refractivity contribution < 1.29 is 9.47 Å². The zero-order valence-electron chi connectivity index (χ0n) is 9.62. The van der Waals surface area contributed by atoms with Crippen LogP contribution in [-0.2, 0) is 9.47 Å². The molecule has 0 N–H and O–H groups in total. The number of rotatable bonds is 5. The third-order valence-corrected chi connectivity index (χ3v) is 2.01. The van der Waals surface area contributed by atoms with Crippen LogP contribution in [-0.4, -0.2) is 13.2 Å². The van der Waals surface area contributed by atoms with E-state index in [0.717, 1.165) is 17.1 Å². The first-order chi connectivity index (χ1) is 7.29. The van der Waals surface area contributed by atoms with Crippen LogP contribution in [0.1, 0.15) is 26.3 Å². The third-order valence-electron chi connectivity index (χ3n) is 2.01. The average Bonchev–Trinajstić information content (AvgIpc) is 2.27. The number of hydrogen-bond donors (Lipinski definition) is 0. The minimum Gasteiger partial charge on any atom is -0.495 e. The normalized spacial score (nSPS) is 11.9. The number of hydrogen-bond acceptors (Lipinski definition) is 2.